The quantitative estimate of drug-likeness (QED) is 0.487. The smallest absolute Gasteiger partial charge is 0.269 e. The van der Waals surface area contributed by atoms with Crippen LogP contribution in [0.15, 0.2) is 24.3 Å². The molecule has 2 aromatic rings. The molecule has 1 aromatic heterocycles. The molecule has 6 heteroatoms. The molecule has 1 aromatic carbocycles. The van der Waals surface area contributed by atoms with E-state index in [0.717, 1.165) is 11.3 Å². The number of nitrogens with zero attached hydrogens (tertiary/aromatic N) is 3. The molecule has 0 bridgehead atoms. The predicted octanol–water partition coefficient (Wildman–Crippen LogP) is 2.66. The van der Waals surface area contributed by atoms with Crippen molar-refractivity contribution in [3.8, 4) is 0 Å². The second-order valence-electron chi connectivity index (χ2n) is 4.69. The van der Waals surface area contributed by atoms with Crippen molar-refractivity contribution in [3.05, 3.63) is 56.9 Å². The summed E-state index contributed by atoms with van der Waals surface area (Å²) in [6.45, 7) is 5.53. The standard InChI is InChI=1S/C14H15N3O3/c1-9-14(11(3)18)10(2)16(15-9)8-12-5-4-6-13(7-12)17(19)20/h4-7H,8H2,1-3H3. The van der Waals surface area contributed by atoms with Gasteiger partial charge in [-0.2, -0.15) is 5.10 Å². The zero-order chi connectivity index (χ0) is 14.9. The molecule has 0 atom stereocenters. The van der Waals surface area contributed by atoms with Crippen molar-refractivity contribution in [2.24, 2.45) is 0 Å². The zero-order valence-corrected chi connectivity index (χ0v) is 11.6. The van der Waals surface area contributed by atoms with E-state index < -0.39 is 4.92 Å². The number of carbonyl (C=O) groups excluding carboxylic acids is 1. The van der Waals surface area contributed by atoms with Gasteiger partial charge < -0.3 is 0 Å². The maximum atomic E-state index is 11.6. The Hall–Kier alpha value is -2.50. The van der Waals surface area contributed by atoms with Crippen LogP contribution in [0.1, 0.15) is 34.2 Å². The summed E-state index contributed by atoms with van der Waals surface area (Å²) in [5, 5.41) is 15.1. The van der Waals surface area contributed by atoms with Crippen LogP contribution in [-0.4, -0.2) is 20.5 Å². The molecule has 0 saturated carbocycles. The number of aromatic nitrogens is 2. The molecule has 0 aliphatic carbocycles. The number of rotatable bonds is 4. The molecule has 104 valence electrons. The lowest BCUT2D eigenvalue weighted by molar-refractivity contribution is -0.384. The Kier molecular flexibility index (Phi) is 3.65. The normalized spacial score (nSPS) is 10.6. The number of carbonyl (C=O) groups is 1. The highest BCUT2D eigenvalue weighted by Crippen LogP contribution is 2.18. The van der Waals surface area contributed by atoms with Crippen molar-refractivity contribution in [1.82, 2.24) is 9.78 Å². The van der Waals surface area contributed by atoms with Crippen LogP contribution in [0, 0.1) is 24.0 Å². The van der Waals surface area contributed by atoms with Gasteiger partial charge in [0.15, 0.2) is 5.78 Å². The molecule has 0 unspecified atom stereocenters. The van der Waals surface area contributed by atoms with Crippen LogP contribution in [0.3, 0.4) is 0 Å². The third kappa shape index (κ3) is 2.59. The summed E-state index contributed by atoms with van der Waals surface area (Å²) < 4.78 is 1.70. The lowest BCUT2D eigenvalue weighted by atomic mass is 10.1. The Balaban J connectivity index is 2.36. The Bertz CT molecular complexity index is 689. The fourth-order valence-electron chi connectivity index (χ4n) is 2.30. The van der Waals surface area contributed by atoms with Crippen LogP contribution >= 0.6 is 0 Å². The average Bonchev–Trinajstić information content (AvgIpc) is 2.64. The van der Waals surface area contributed by atoms with E-state index >= 15 is 0 Å². The predicted molar refractivity (Wildman–Crippen MR) is 73.9 cm³/mol. The summed E-state index contributed by atoms with van der Waals surface area (Å²) in [5.41, 5.74) is 2.91. The summed E-state index contributed by atoms with van der Waals surface area (Å²) in [6.07, 6.45) is 0. The Morgan fingerprint density at radius 2 is 2.10 bits per heavy atom. The van der Waals surface area contributed by atoms with Crippen LogP contribution < -0.4 is 0 Å². The number of nitro benzene ring substituents is 1. The number of non-ortho nitro benzene ring substituents is 1. The maximum Gasteiger partial charge on any atom is 0.269 e. The Morgan fingerprint density at radius 3 is 2.65 bits per heavy atom. The first-order valence-corrected chi connectivity index (χ1v) is 6.18. The van der Waals surface area contributed by atoms with E-state index in [4.69, 9.17) is 0 Å². The summed E-state index contributed by atoms with van der Waals surface area (Å²) in [5.74, 6) is -0.0229. The van der Waals surface area contributed by atoms with Gasteiger partial charge in [-0.15, -0.1) is 0 Å². The van der Waals surface area contributed by atoms with Crippen molar-refractivity contribution in [2.75, 3.05) is 0 Å². The third-order valence-corrected chi connectivity index (χ3v) is 3.19. The van der Waals surface area contributed by atoms with Crippen molar-refractivity contribution in [3.63, 3.8) is 0 Å². The van der Waals surface area contributed by atoms with Gasteiger partial charge in [0.2, 0.25) is 0 Å². The molecule has 6 nitrogen and oxygen atoms in total. The van der Waals surface area contributed by atoms with Crippen LogP contribution in [-0.2, 0) is 6.54 Å². The molecule has 0 radical (unpaired) electrons. The fourth-order valence-corrected chi connectivity index (χ4v) is 2.30. The Labute approximate surface area is 116 Å². The van der Waals surface area contributed by atoms with E-state index in [-0.39, 0.29) is 11.5 Å². The third-order valence-electron chi connectivity index (χ3n) is 3.19. The SMILES string of the molecule is CC(=O)c1c(C)nn(Cc2cccc([N+](=O)[O-])c2)c1C. The lowest BCUT2D eigenvalue weighted by Crippen LogP contribution is -2.05. The minimum Gasteiger partial charge on any atom is -0.294 e. The van der Waals surface area contributed by atoms with E-state index in [1.54, 1.807) is 23.7 Å². The molecular formula is C14H15N3O3. The van der Waals surface area contributed by atoms with Gasteiger partial charge in [0.05, 0.1) is 22.7 Å². The number of benzene rings is 1. The molecule has 0 aliphatic heterocycles. The minimum absolute atomic E-state index is 0.0229. The molecule has 2 rings (SSSR count). The summed E-state index contributed by atoms with van der Waals surface area (Å²) in [4.78, 5) is 21.9. The van der Waals surface area contributed by atoms with Gasteiger partial charge >= 0.3 is 0 Å². The van der Waals surface area contributed by atoms with Crippen LogP contribution in [0.4, 0.5) is 5.69 Å². The molecule has 1 heterocycles. The van der Waals surface area contributed by atoms with Crippen LogP contribution in [0.25, 0.3) is 0 Å². The van der Waals surface area contributed by atoms with Gasteiger partial charge in [-0.1, -0.05) is 12.1 Å². The molecule has 0 spiro atoms. The highest BCUT2D eigenvalue weighted by atomic mass is 16.6. The van der Waals surface area contributed by atoms with E-state index in [1.165, 1.54) is 19.1 Å². The second-order valence-corrected chi connectivity index (χ2v) is 4.69. The summed E-state index contributed by atoms with van der Waals surface area (Å²) >= 11 is 0. The Morgan fingerprint density at radius 1 is 1.40 bits per heavy atom. The number of ketones is 1. The van der Waals surface area contributed by atoms with Gasteiger partial charge in [0, 0.05) is 17.8 Å². The average molecular weight is 273 g/mol. The summed E-state index contributed by atoms with van der Waals surface area (Å²) in [6, 6.07) is 6.41. The number of hydrogen-bond donors (Lipinski definition) is 0. The number of Topliss-reactive ketones (excluding diaryl/α,β-unsaturated/α-hetero) is 1. The fraction of sp³-hybridized carbons (Fsp3) is 0.286. The van der Waals surface area contributed by atoms with Gasteiger partial charge in [0.25, 0.3) is 5.69 Å². The van der Waals surface area contributed by atoms with Gasteiger partial charge in [-0.05, 0) is 26.3 Å². The van der Waals surface area contributed by atoms with Crippen LogP contribution in [0.2, 0.25) is 0 Å². The monoisotopic (exact) mass is 273 g/mol. The van der Waals surface area contributed by atoms with Crippen molar-refractivity contribution in [2.45, 2.75) is 27.3 Å². The number of hydrogen-bond acceptors (Lipinski definition) is 4. The molecule has 20 heavy (non-hydrogen) atoms. The van der Waals surface area contributed by atoms with Gasteiger partial charge in [-0.25, -0.2) is 0 Å². The maximum absolute atomic E-state index is 11.6. The highest BCUT2D eigenvalue weighted by Gasteiger charge is 2.15. The molecule has 0 aliphatic rings. The molecule has 0 N–H and O–H groups in total. The molecular weight excluding hydrogens is 258 g/mol. The molecule has 0 fully saturated rings. The van der Waals surface area contributed by atoms with Crippen molar-refractivity contribution in [1.29, 1.82) is 0 Å². The molecule has 0 amide bonds. The minimum atomic E-state index is -0.425. The van der Waals surface area contributed by atoms with Gasteiger partial charge in [-0.3, -0.25) is 19.6 Å². The first-order chi connectivity index (χ1) is 9.40. The van der Waals surface area contributed by atoms with E-state index in [1.807, 2.05) is 6.92 Å². The highest BCUT2D eigenvalue weighted by molar-refractivity contribution is 5.96. The van der Waals surface area contributed by atoms with Gasteiger partial charge in [0.1, 0.15) is 0 Å². The van der Waals surface area contributed by atoms with E-state index in [2.05, 4.69) is 5.10 Å². The first-order valence-electron chi connectivity index (χ1n) is 6.18. The van der Waals surface area contributed by atoms with E-state index in [0.29, 0.717) is 17.8 Å². The molecule has 0 saturated heterocycles. The lowest BCUT2D eigenvalue weighted by Gasteiger charge is -2.05. The zero-order valence-electron chi connectivity index (χ0n) is 11.6. The van der Waals surface area contributed by atoms with E-state index in [9.17, 15) is 14.9 Å². The van der Waals surface area contributed by atoms with Crippen molar-refractivity contribution < 1.29 is 9.72 Å². The topological polar surface area (TPSA) is 78.0 Å². The van der Waals surface area contributed by atoms with Crippen LogP contribution in [0.5, 0.6) is 0 Å². The van der Waals surface area contributed by atoms with Crippen molar-refractivity contribution >= 4 is 11.5 Å². The first kappa shape index (κ1) is 13.9. The number of aryl methyl sites for hydroxylation is 1. The summed E-state index contributed by atoms with van der Waals surface area (Å²) in [7, 11) is 0. The largest absolute Gasteiger partial charge is 0.294 e. The second kappa shape index (κ2) is 5.24. The number of nitro groups is 1.